The highest BCUT2D eigenvalue weighted by molar-refractivity contribution is 9.11. The van der Waals surface area contributed by atoms with Crippen LogP contribution >= 0.6 is 50.5 Å². The van der Waals surface area contributed by atoms with E-state index in [1.165, 1.54) is 11.3 Å². The molecule has 0 saturated carbocycles. The van der Waals surface area contributed by atoms with Gasteiger partial charge < -0.3 is 5.73 Å². The number of thiophene rings is 1. The van der Waals surface area contributed by atoms with Crippen LogP contribution in [0.4, 0.5) is 5.69 Å². The number of halogens is 3. The monoisotopic (exact) mass is 521 g/mol. The zero-order valence-corrected chi connectivity index (χ0v) is 20.2. The molecular weight excluding hydrogens is 505 g/mol. The summed E-state index contributed by atoms with van der Waals surface area (Å²) in [6.45, 7) is 4.13. The number of carbonyl (C=O) groups is 1. The van der Waals surface area contributed by atoms with E-state index in [2.05, 4.69) is 35.8 Å². The standard InChI is InChI=1S/C22H18BrCl2N3OS/c1-22(2)8-15-20(16(29)9-22)19(17-3-4-18(23)30-17)14(10-26)21(27)28(15)13-6-11(24)5-12(25)7-13/h3-7,19H,8-9,27H2,1-2H3. The Hall–Kier alpha value is -1.78. The summed E-state index contributed by atoms with van der Waals surface area (Å²) in [6.07, 6.45) is 1.05. The van der Waals surface area contributed by atoms with Gasteiger partial charge in [0.15, 0.2) is 5.78 Å². The van der Waals surface area contributed by atoms with E-state index in [1.54, 1.807) is 23.1 Å². The first kappa shape index (κ1) is 21.5. The van der Waals surface area contributed by atoms with E-state index in [0.29, 0.717) is 45.5 Å². The van der Waals surface area contributed by atoms with Crippen molar-refractivity contribution in [1.82, 2.24) is 0 Å². The van der Waals surface area contributed by atoms with Crippen molar-refractivity contribution in [2.75, 3.05) is 4.90 Å². The average molecular weight is 523 g/mol. The summed E-state index contributed by atoms with van der Waals surface area (Å²) in [4.78, 5) is 16.1. The minimum atomic E-state index is -0.476. The second kappa shape index (κ2) is 7.72. The number of hydrogen-bond donors (Lipinski definition) is 1. The van der Waals surface area contributed by atoms with Gasteiger partial charge in [-0.25, -0.2) is 0 Å². The Balaban J connectivity index is 2.02. The molecule has 2 aromatic rings. The smallest absolute Gasteiger partial charge is 0.162 e. The van der Waals surface area contributed by atoms with Gasteiger partial charge in [0.05, 0.1) is 27.0 Å². The second-order valence-electron chi connectivity index (χ2n) is 8.25. The maximum absolute atomic E-state index is 13.4. The third-order valence-electron chi connectivity index (χ3n) is 5.37. The molecule has 1 aliphatic heterocycles. The summed E-state index contributed by atoms with van der Waals surface area (Å²) in [7, 11) is 0. The molecule has 1 aliphatic carbocycles. The highest BCUT2D eigenvalue weighted by Crippen LogP contribution is 2.51. The molecule has 2 N–H and O–H groups in total. The third-order valence-corrected chi connectivity index (χ3v) is 7.49. The number of nitrogens with zero attached hydrogens (tertiary/aromatic N) is 2. The lowest BCUT2D eigenvalue weighted by Gasteiger charge is -2.43. The highest BCUT2D eigenvalue weighted by Gasteiger charge is 2.45. The minimum absolute atomic E-state index is 0.0362. The Bertz CT molecular complexity index is 1160. The fourth-order valence-corrected chi connectivity index (χ4v) is 6.30. The van der Waals surface area contributed by atoms with Crippen LogP contribution in [0.25, 0.3) is 0 Å². The summed E-state index contributed by atoms with van der Waals surface area (Å²) in [5.41, 5.74) is 8.78. The highest BCUT2D eigenvalue weighted by atomic mass is 79.9. The molecule has 4 nitrogen and oxygen atoms in total. The SMILES string of the molecule is CC1(C)CC(=O)C2=C(C1)N(c1cc(Cl)cc(Cl)c1)C(N)=C(C#N)C2c1ccc(Br)s1. The predicted octanol–water partition coefficient (Wildman–Crippen LogP) is 6.76. The Morgan fingerprint density at radius 2 is 1.90 bits per heavy atom. The van der Waals surface area contributed by atoms with Gasteiger partial charge in [-0.3, -0.25) is 9.69 Å². The van der Waals surface area contributed by atoms with Crippen molar-refractivity contribution in [2.45, 2.75) is 32.6 Å². The number of ketones is 1. The first-order valence-electron chi connectivity index (χ1n) is 9.29. The van der Waals surface area contributed by atoms with Gasteiger partial charge in [0, 0.05) is 32.6 Å². The van der Waals surface area contributed by atoms with E-state index < -0.39 is 5.92 Å². The number of hydrogen-bond acceptors (Lipinski definition) is 5. The fourth-order valence-electron chi connectivity index (χ4n) is 4.24. The topological polar surface area (TPSA) is 70.1 Å². The van der Waals surface area contributed by atoms with E-state index >= 15 is 0 Å². The van der Waals surface area contributed by atoms with E-state index in [9.17, 15) is 10.1 Å². The van der Waals surface area contributed by atoms with E-state index in [4.69, 9.17) is 28.9 Å². The molecule has 0 bridgehead atoms. The van der Waals surface area contributed by atoms with E-state index in [1.807, 2.05) is 12.1 Å². The van der Waals surface area contributed by atoms with Crippen molar-refractivity contribution in [3.63, 3.8) is 0 Å². The largest absolute Gasteiger partial charge is 0.384 e. The average Bonchev–Trinajstić information content (AvgIpc) is 3.04. The normalized spacial score (nSPS) is 21.0. The first-order chi connectivity index (χ1) is 14.1. The van der Waals surface area contributed by atoms with Crippen molar-refractivity contribution >= 4 is 61.9 Å². The fraction of sp³-hybridized carbons (Fsp3) is 0.273. The summed E-state index contributed by atoms with van der Waals surface area (Å²) in [6, 6.07) is 11.3. The molecule has 0 fully saturated rings. The summed E-state index contributed by atoms with van der Waals surface area (Å²) in [5, 5.41) is 11.0. The van der Waals surface area contributed by atoms with Crippen molar-refractivity contribution in [3.8, 4) is 6.07 Å². The molecular formula is C22H18BrCl2N3OS. The molecule has 4 rings (SSSR count). The Morgan fingerprint density at radius 1 is 1.23 bits per heavy atom. The van der Waals surface area contributed by atoms with E-state index in [-0.39, 0.29) is 11.2 Å². The van der Waals surface area contributed by atoms with Crippen LogP contribution < -0.4 is 10.6 Å². The van der Waals surface area contributed by atoms with Gasteiger partial charge in [0.2, 0.25) is 0 Å². The third kappa shape index (κ3) is 3.69. The molecule has 0 spiro atoms. The number of anilines is 1. The maximum atomic E-state index is 13.4. The zero-order chi connectivity index (χ0) is 21.8. The van der Waals surface area contributed by atoms with Gasteiger partial charge in [-0.2, -0.15) is 5.26 Å². The number of carbonyl (C=O) groups excluding carboxylic acids is 1. The summed E-state index contributed by atoms with van der Waals surface area (Å²) in [5.74, 6) is -0.139. The lowest BCUT2D eigenvalue weighted by Crippen LogP contribution is -2.42. The van der Waals surface area contributed by atoms with Crippen LogP contribution in [0.15, 0.2) is 56.8 Å². The van der Waals surface area contributed by atoms with Crippen LogP contribution in [0.3, 0.4) is 0 Å². The lowest BCUT2D eigenvalue weighted by molar-refractivity contribution is -0.118. The second-order valence-corrected chi connectivity index (χ2v) is 11.6. The van der Waals surface area contributed by atoms with Crippen molar-refractivity contribution in [2.24, 2.45) is 11.1 Å². The number of Topliss-reactive ketones (excluding diaryl/α,β-unsaturated/α-hetero) is 1. The number of allylic oxidation sites excluding steroid dienone is 3. The maximum Gasteiger partial charge on any atom is 0.162 e. The molecule has 1 unspecified atom stereocenters. The van der Waals surface area contributed by atoms with Gasteiger partial charge >= 0.3 is 0 Å². The minimum Gasteiger partial charge on any atom is -0.384 e. The van der Waals surface area contributed by atoms with Crippen LogP contribution in [0.1, 0.15) is 37.5 Å². The van der Waals surface area contributed by atoms with Crippen LogP contribution in [0, 0.1) is 16.7 Å². The molecule has 0 amide bonds. The molecule has 1 aromatic heterocycles. The summed E-state index contributed by atoms with van der Waals surface area (Å²) < 4.78 is 0.933. The van der Waals surface area contributed by atoms with Crippen LogP contribution in [-0.2, 0) is 4.79 Å². The van der Waals surface area contributed by atoms with Gasteiger partial charge in [-0.15, -0.1) is 11.3 Å². The molecule has 0 saturated heterocycles. The summed E-state index contributed by atoms with van der Waals surface area (Å²) >= 11 is 17.5. The number of nitrogens with two attached hydrogens (primary N) is 1. The van der Waals surface area contributed by atoms with Gasteiger partial charge in [-0.1, -0.05) is 37.0 Å². The first-order valence-corrected chi connectivity index (χ1v) is 11.7. The van der Waals surface area contributed by atoms with E-state index in [0.717, 1.165) is 14.4 Å². The lowest BCUT2D eigenvalue weighted by atomic mass is 9.69. The number of nitriles is 1. The molecule has 0 radical (unpaired) electrons. The Morgan fingerprint density at radius 3 is 2.47 bits per heavy atom. The van der Waals surface area contributed by atoms with Crippen LogP contribution in [0.2, 0.25) is 10.0 Å². The molecule has 1 aromatic carbocycles. The van der Waals surface area contributed by atoms with Crippen molar-refractivity contribution < 1.29 is 4.79 Å². The quantitative estimate of drug-likeness (QED) is 0.473. The zero-order valence-electron chi connectivity index (χ0n) is 16.3. The number of benzene rings is 1. The molecule has 8 heteroatoms. The van der Waals surface area contributed by atoms with Crippen molar-refractivity contribution in [3.05, 3.63) is 71.7 Å². The van der Waals surface area contributed by atoms with Gasteiger partial charge in [0.25, 0.3) is 0 Å². The predicted molar refractivity (Wildman–Crippen MR) is 126 cm³/mol. The molecule has 2 aliphatic rings. The van der Waals surface area contributed by atoms with Crippen LogP contribution in [-0.4, -0.2) is 5.78 Å². The Labute approximate surface area is 197 Å². The Kier molecular flexibility index (Phi) is 5.52. The number of rotatable bonds is 2. The molecule has 30 heavy (non-hydrogen) atoms. The van der Waals surface area contributed by atoms with Crippen LogP contribution in [0.5, 0.6) is 0 Å². The molecule has 154 valence electrons. The van der Waals surface area contributed by atoms with Gasteiger partial charge in [0.1, 0.15) is 5.82 Å². The van der Waals surface area contributed by atoms with Crippen molar-refractivity contribution in [1.29, 1.82) is 5.26 Å². The van der Waals surface area contributed by atoms with Gasteiger partial charge in [-0.05, 0) is 58.1 Å². The molecule has 2 heterocycles. The molecule has 1 atom stereocenters.